The van der Waals surface area contributed by atoms with Crippen LogP contribution in [0.25, 0.3) is 5.57 Å². The number of carbonyl (C=O) groups is 3. The first-order chi connectivity index (χ1) is 17.4. The van der Waals surface area contributed by atoms with E-state index >= 15 is 0 Å². The summed E-state index contributed by atoms with van der Waals surface area (Å²) < 4.78 is 21.2. The molecular weight excluding hydrogens is 462 g/mol. The third-order valence-electron chi connectivity index (χ3n) is 5.63. The van der Waals surface area contributed by atoms with Crippen molar-refractivity contribution in [3.63, 3.8) is 0 Å². The maximum atomic E-state index is 13.8. The Hall–Kier alpha value is -4.59. The number of ketones is 1. The van der Waals surface area contributed by atoms with Crippen molar-refractivity contribution in [2.45, 2.75) is 13.3 Å². The standard InChI is InChI=1S/C28H25NO7/c1-17(30)29-21-9-4-18(5-10-21)14-23(27(31)19-6-11-22(33-2)12-7-19)26(28(32)34-3)20-8-13-24-25(15-20)36-16-35-24/h4-13,15H,14,16H2,1-3H3,(H,29,30)/b26-23-. The number of amides is 1. The predicted molar refractivity (Wildman–Crippen MR) is 133 cm³/mol. The normalized spacial score (nSPS) is 12.4. The maximum Gasteiger partial charge on any atom is 0.338 e. The predicted octanol–water partition coefficient (Wildman–Crippen LogP) is 4.43. The Morgan fingerprint density at radius 2 is 1.53 bits per heavy atom. The van der Waals surface area contributed by atoms with E-state index in [0.29, 0.717) is 34.1 Å². The molecule has 3 aromatic rings. The Morgan fingerprint density at radius 1 is 0.861 bits per heavy atom. The molecule has 0 aliphatic carbocycles. The van der Waals surface area contributed by atoms with Gasteiger partial charge in [0.1, 0.15) is 5.75 Å². The van der Waals surface area contributed by atoms with Gasteiger partial charge in [-0.2, -0.15) is 0 Å². The molecule has 0 atom stereocenters. The first-order valence-electron chi connectivity index (χ1n) is 11.2. The molecule has 0 aromatic heterocycles. The van der Waals surface area contributed by atoms with Gasteiger partial charge in [-0.05, 0) is 59.7 Å². The van der Waals surface area contributed by atoms with Crippen LogP contribution in [0.1, 0.15) is 28.4 Å². The number of fused-ring (bicyclic) bond motifs is 1. The van der Waals surface area contributed by atoms with Crippen molar-refractivity contribution >= 4 is 28.9 Å². The smallest absolute Gasteiger partial charge is 0.338 e. The van der Waals surface area contributed by atoms with Crippen LogP contribution in [0.4, 0.5) is 5.69 Å². The molecule has 1 aliphatic heterocycles. The van der Waals surface area contributed by atoms with E-state index in [1.54, 1.807) is 73.8 Å². The van der Waals surface area contributed by atoms with E-state index < -0.39 is 5.97 Å². The first kappa shape index (κ1) is 24.5. The lowest BCUT2D eigenvalue weighted by Gasteiger charge is -2.15. The summed E-state index contributed by atoms with van der Waals surface area (Å²) in [7, 11) is 2.81. The van der Waals surface area contributed by atoms with Gasteiger partial charge in [-0.25, -0.2) is 4.79 Å². The Bertz CT molecular complexity index is 1330. The van der Waals surface area contributed by atoms with Crippen LogP contribution in [0.3, 0.4) is 0 Å². The zero-order valence-electron chi connectivity index (χ0n) is 20.1. The summed E-state index contributed by atoms with van der Waals surface area (Å²) in [6, 6.07) is 18.8. The van der Waals surface area contributed by atoms with Crippen LogP contribution in [-0.4, -0.2) is 38.7 Å². The fourth-order valence-electron chi connectivity index (χ4n) is 3.88. The van der Waals surface area contributed by atoms with E-state index in [1.165, 1.54) is 14.0 Å². The van der Waals surface area contributed by atoms with Crippen molar-refractivity contribution in [2.24, 2.45) is 0 Å². The van der Waals surface area contributed by atoms with Gasteiger partial charge in [-0.1, -0.05) is 18.2 Å². The topological polar surface area (TPSA) is 100 Å². The second kappa shape index (κ2) is 10.8. The Balaban J connectivity index is 1.83. The number of carbonyl (C=O) groups excluding carboxylic acids is 3. The Kier molecular flexibility index (Phi) is 7.34. The third kappa shape index (κ3) is 5.38. The molecule has 0 radical (unpaired) electrons. The number of methoxy groups -OCH3 is 2. The van der Waals surface area contributed by atoms with Crippen molar-refractivity contribution in [3.8, 4) is 17.2 Å². The fourth-order valence-corrected chi connectivity index (χ4v) is 3.88. The molecular formula is C28H25NO7. The van der Waals surface area contributed by atoms with Crippen molar-refractivity contribution in [2.75, 3.05) is 26.3 Å². The van der Waals surface area contributed by atoms with E-state index in [4.69, 9.17) is 18.9 Å². The summed E-state index contributed by atoms with van der Waals surface area (Å²) in [5.74, 6) is 0.468. The monoisotopic (exact) mass is 487 g/mol. The van der Waals surface area contributed by atoms with E-state index in [1.807, 2.05) is 0 Å². The van der Waals surface area contributed by atoms with Gasteiger partial charge < -0.3 is 24.3 Å². The molecule has 1 N–H and O–H groups in total. The van der Waals surface area contributed by atoms with Crippen LogP contribution in [0.5, 0.6) is 17.2 Å². The van der Waals surface area contributed by atoms with Gasteiger partial charge >= 0.3 is 5.97 Å². The number of ether oxygens (including phenoxy) is 4. The highest BCUT2D eigenvalue weighted by molar-refractivity contribution is 6.27. The molecule has 184 valence electrons. The summed E-state index contributed by atoms with van der Waals surface area (Å²) in [4.78, 5) is 38.3. The number of esters is 1. The van der Waals surface area contributed by atoms with Crippen molar-refractivity contribution < 1.29 is 33.3 Å². The van der Waals surface area contributed by atoms with Crippen molar-refractivity contribution in [1.29, 1.82) is 0 Å². The lowest BCUT2D eigenvalue weighted by atomic mass is 9.89. The van der Waals surface area contributed by atoms with Crippen molar-refractivity contribution in [1.82, 2.24) is 0 Å². The molecule has 8 nitrogen and oxygen atoms in total. The first-order valence-corrected chi connectivity index (χ1v) is 11.2. The average Bonchev–Trinajstić information content (AvgIpc) is 3.36. The molecule has 0 saturated carbocycles. The van der Waals surface area contributed by atoms with Crippen LogP contribution < -0.4 is 19.5 Å². The highest BCUT2D eigenvalue weighted by Crippen LogP contribution is 2.36. The SMILES string of the molecule is COC(=O)/C(=C(/Cc1ccc(NC(C)=O)cc1)C(=O)c1ccc(OC)cc1)c1ccc2c(c1)OCO2. The minimum Gasteiger partial charge on any atom is -0.497 e. The number of hydrogen-bond donors (Lipinski definition) is 1. The quantitative estimate of drug-likeness (QED) is 0.285. The number of Topliss-reactive ketones (excluding diaryl/α,β-unsaturated/α-hetero) is 1. The minimum atomic E-state index is -0.652. The van der Waals surface area contributed by atoms with Gasteiger partial charge in [0.25, 0.3) is 0 Å². The largest absolute Gasteiger partial charge is 0.497 e. The van der Waals surface area contributed by atoms with E-state index in [-0.39, 0.29) is 36.1 Å². The minimum absolute atomic E-state index is 0.0777. The molecule has 0 unspecified atom stereocenters. The van der Waals surface area contributed by atoms with Crippen LogP contribution in [0.2, 0.25) is 0 Å². The summed E-state index contributed by atoms with van der Waals surface area (Å²) in [6.07, 6.45) is 0.143. The molecule has 4 rings (SSSR count). The molecule has 0 fully saturated rings. The summed E-state index contributed by atoms with van der Waals surface area (Å²) in [5.41, 5.74) is 2.63. The number of rotatable bonds is 8. The molecule has 1 aliphatic rings. The average molecular weight is 488 g/mol. The van der Waals surface area contributed by atoms with Gasteiger partial charge in [-0.15, -0.1) is 0 Å². The van der Waals surface area contributed by atoms with Gasteiger partial charge in [0.05, 0.1) is 19.8 Å². The van der Waals surface area contributed by atoms with E-state index in [0.717, 1.165) is 5.56 Å². The lowest BCUT2D eigenvalue weighted by molar-refractivity contribution is -0.133. The molecule has 3 aromatic carbocycles. The highest BCUT2D eigenvalue weighted by atomic mass is 16.7. The molecule has 8 heteroatoms. The maximum absolute atomic E-state index is 13.8. The zero-order valence-corrected chi connectivity index (χ0v) is 20.1. The molecule has 36 heavy (non-hydrogen) atoms. The number of hydrogen-bond acceptors (Lipinski definition) is 7. The third-order valence-corrected chi connectivity index (χ3v) is 5.63. The summed E-state index contributed by atoms with van der Waals surface area (Å²) in [5, 5.41) is 2.71. The fraction of sp³-hybridized carbons (Fsp3) is 0.179. The Morgan fingerprint density at radius 3 is 2.17 bits per heavy atom. The number of allylic oxidation sites excluding steroid dienone is 1. The van der Waals surface area contributed by atoms with Gasteiger partial charge in [0.15, 0.2) is 17.3 Å². The van der Waals surface area contributed by atoms with Gasteiger partial charge in [0.2, 0.25) is 12.7 Å². The lowest BCUT2D eigenvalue weighted by Crippen LogP contribution is -2.15. The second-order valence-corrected chi connectivity index (χ2v) is 8.03. The number of benzene rings is 3. The Labute approximate surface area is 208 Å². The van der Waals surface area contributed by atoms with E-state index in [9.17, 15) is 14.4 Å². The summed E-state index contributed by atoms with van der Waals surface area (Å²) in [6.45, 7) is 1.50. The summed E-state index contributed by atoms with van der Waals surface area (Å²) >= 11 is 0. The van der Waals surface area contributed by atoms with Gasteiger partial charge in [-0.3, -0.25) is 9.59 Å². The molecule has 0 spiro atoms. The molecule has 0 saturated heterocycles. The van der Waals surface area contributed by atoms with Gasteiger partial charge in [0, 0.05) is 30.2 Å². The number of anilines is 1. The molecule has 0 bridgehead atoms. The van der Waals surface area contributed by atoms with Crippen LogP contribution >= 0.6 is 0 Å². The molecule has 1 amide bonds. The second-order valence-electron chi connectivity index (χ2n) is 8.03. The van der Waals surface area contributed by atoms with E-state index in [2.05, 4.69) is 5.32 Å². The zero-order chi connectivity index (χ0) is 25.7. The van der Waals surface area contributed by atoms with Crippen molar-refractivity contribution in [3.05, 3.63) is 89.0 Å². The van der Waals surface area contributed by atoms with Crippen LogP contribution in [-0.2, 0) is 20.7 Å². The van der Waals surface area contributed by atoms with Crippen LogP contribution in [0, 0.1) is 0 Å². The molecule has 1 heterocycles. The number of nitrogens with one attached hydrogen (secondary N) is 1. The van der Waals surface area contributed by atoms with Crippen LogP contribution in [0.15, 0.2) is 72.3 Å². The highest BCUT2D eigenvalue weighted by Gasteiger charge is 2.26.